The minimum absolute atomic E-state index is 0.00235. The van der Waals surface area contributed by atoms with E-state index in [1.807, 2.05) is 37.4 Å². The molecule has 2 unspecified atom stereocenters. The van der Waals surface area contributed by atoms with Gasteiger partial charge < -0.3 is 14.6 Å². The van der Waals surface area contributed by atoms with Crippen LogP contribution in [0.25, 0.3) is 10.8 Å². The molecule has 1 amide bonds. The number of nitrogens with one attached hydrogen (secondary N) is 1. The highest BCUT2D eigenvalue weighted by Crippen LogP contribution is 2.44. The van der Waals surface area contributed by atoms with Crippen LogP contribution < -0.4 is 5.32 Å². The average molecular weight is 391 g/mol. The van der Waals surface area contributed by atoms with Gasteiger partial charge in [0.2, 0.25) is 0 Å². The Hall–Kier alpha value is -2.56. The maximum Gasteiger partial charge on any atom is 0.252 e. The smallest absolute Gasteiger partial charge is 0.252 e. The lowest BCUT2D eigenvalue weighted by Crippen LogP contribution is -2.38. The topological polar surface area (TPSA) is 62.0 Å². The van der Waals surface area contributed by atoms with Gasteiger partial charge in [0, 0.05) is 43.0 Å². The van der Waals surface area contributed by atoms with Gasteiger partial charge in [-0.15, -0.1) is 0 Å². The second kappa shape index (κ2) is 6.80. The van der Waals surface area contributed by atoms with Crippen molar-refractivity contribution >= 4 is 31.5 Å². The van der Waals surface area contributed by atoms with Crippen molar-refractivity contribution in [2.24, 2.45) is 4.99 Å². The zero-order valence-corrected chi connectivity index (χ0v) is 16.9. The van der Waals surface area contributed by atoms with Crippen LogP contribution in [0, 0.1) is 13.8 Å². The van der Waals surface area contributed by atoms with Crippen LogP contribution in [-0.4, -0.2) is 45.3 Å². The van der Waals surface area contributed by atoms with Crippen molar-refractivity contribution in [2.75, 3.05) is 13.1 Å². The summed E-state index contributed by atoms with van der Waals surface area (Å²) in [6, 6.07) is 2.13. The first-order chi connectivity index (χ1) is 13.6. The monoisotopic (exact) mass is 391 g/mol. The highest BCUT2D eigenvalue weighted by atomic mass is 31.1. The molecule has 0 aliphatic carbocycles. The van der Waals surface area contributed by atoms with E-state index < -0.39 is 0 Å². The fourth-order valence-corrected chi connectivity index (χ4v) is 5.26. The molecule has 5 heterocycles. The zero-order chi connectivity index (χ0) is 19.3. The van der Waals surface area contributed by atoms with Gasteiger partial charge in [-0.05, 0) is 43.8 Å². The van der Waals surface area contributed by atoms with Crippen LogP contribution in [0.15, 0.2) is 53.1 Å². The van der Waals surface area contributed by atoms with Crippen molar-refractivity contribution < 1.29 is 4.79 Å². The third kappa shape index (κ3) is 3.03. The van der Waals surface area contributed by atoms with E-state index in [4.69, 9.17) is 0 Å². The third-order valence-corrected chi connectivity index (χ3v) is 6.80. The fraction of sp³-hybridized carbons (Fsp3) is 0.286. The molecule has 3 aliphatic rings. The Balaban J connectivity index is 1.47. The molecule has 1 N–H and O–H groups in total. The van der Waals surface area contributed by atoms with Gasteiger partial charge >= 0.3 is 0 Å². The van der Waals surface area contributed by atoms with Crippen LogP contribution in [0.5, 0.6) is 0 Å². The predicted octanol–water partition coefficient (Wildman–Crippen LogP) is 2.98. The first-order valence-electron chi connectivity index (χ1n) is 9.51. The van der Waals surface area contributed by atoms with Crippen molar-refractivity contribution in [3.63, 3.8) is 0 Å². The molecule has 5 rings (SSSR count). The second-order valence-corrected chi connectivity index (χ2v) is 8.78. The average Bonchev–Trinajstić information content (AvgIpc) is 3.13. The lowest BCUT2D eigenvalue weighted by Gasteiger charge is -2.33. The standard InChI is InChI=1S/C21H22N5OP/c1-13-10-25-11-16(7-18(25)14(2)24-13)19-8-20(27)26-12-17(23-9-21(26)28-19)15-3-5-22-6-4-15/h3,7-12,21-22,28H,4-6H2,1-2H3. The Morgan fingerprint density at radius 3 is 3.00 bits per heavy atom. The van der Waals surface area contributed by atoms with Crippen LogP contribution in [0.2, 0.25) is 0 Å². The van der Waals surface area contributed by atoms with Gasteiger partial charge in [-0.1, -0.05) is 14.7 Å². The number of carbonyl (C=O) groups is 1. The first kappa shape index (κ1) is 17.5. The SMILES string of the molecule is Cc1cn2cc(C3=CC(=O)N4C=C(C5=CCNCC5)N=CC4P3)cc2c(C)n1. The van der Waals surface area contributed by atoms with Crippen molar-refractivity contribution in [1.82, 2.24) is 19.6 Å². The van der Waals surface area contributed by atoms with Crippen molar-refractivity contribution in [1.29, 1.82) is 0 Å². The molecule has 0 aromatic carbocycles. The van der Waals surface area contributed by atoms with Crippen molar-refractivity contribution in [3.8, 4) is 0 Å². The third-order valence-electron chi connectivity index (χ3n) is 5.33. The number of allylic oxidation sites excluding steroid dienone is 1. The Morgan fingerprint density at radius 2 is 2.18 bits per heavy atom. The summed E-state index contributed by atoms with van der Waals surface area (Å²) in [7, 11) is 0.470. The summed E-state index contributed by atoms with van der Waals surface area (Å²) in [6.45, 7) is 5.83. The number of nitrogens with zero attached hydrogens (tertiary/aromatic N) is 4. The van der Waals surface area contributed by atoms with Gasteiger partial charge in [0.25, 0.3) is 5.91 Å². The van der Waals surface area contributed by atoms with E-state index >= 15 is 0 Å². The maximum atomic E-state index is 12.9. The summed E-state index contributed by atoms with van der Waals surface area (Å²) >= 11 is 0. The molecule has 28 heavy (non-hydrogen) atoms. The number of aliphatic imine (C=N–C) groups is 1. The molecule has 7 heteroatoms. The molecule has 6 nitrogen and oxygen atoms in total. The molecule has 2 aromatic heterocycles. The normalized spacial score (nSPS) is 22.9. The van der Waals surface area contributed by atoms with Crippen molar-refractivity contribution in [2.45, 2.75) is 26.1 Å². The van der Waals surface area contributed by atoms with Crippen LogP contribution in [0.1, 0.15) is 23.4 Å². The van der Waals surface area contributed by atoms with E-state index in [2.05, 4.69) is 38.0 Å². The molecule has 142 valence electrons. The number of hydrogen-bond donors (Lipinski definition) is 1. The van der Waals surface area contributed by atoms with Gasteiger partial charge in [-0.3, -0.25) is 14.8 Å². The minimum Gasteiger partial charge on any atom is -0.320 e. The van der Waals surface area contributed by atoms with E-state index in [9.17, 15) is 4.79 Å². The van der Waals surface area contributed by atoms with Gasteiger partial charge in [0.1, 0.15) is 0 Å². The molecule has 0 fully saturated rings. The van der Waals surface area contributed by atoms with Crippen molar-refractivity contribution in [3.05, 3.63) is 65.0 Å². The van der Waals surface area contributed by atoms with E-state index in [1.165, 1.54) is 5.57 Å². The Bertz CT molecular complexity index is 1110. The minimum atomic E-state index is 0.00235. The van der Waals surface area contributed by atoms with E-state index in [1.54, 1.807) is 6.08 Å². The maximum absolute atomic E-state index is 12.9. The summed E-state index contributed by atoms with van der Waals surface area (Å²) in [5.41, 5.74) is 6.29. The molecular weight excluding hydrogens is 369 g/mol. The number of hydrogen-bond acceptors (Lipinski definition) is 4. The largest absolute Gasteiger partial charge is 0.320 e. The number of fused-ring (bicyclic) bond motifs is 2. The molecule has 0 saturated carbocycles. The van der Waals surface area contributed by atoms with Crippen LogP contribution in [-0.2, 0) is 4.79 Å². The van der Waals surface area contributed by atoms with E-state index in [-0.39, 0.29) is 11.7 Å². The molecule has 2 atom stereocenters. The molecular formula is C21H22N5OP. The second-order valence-electron chi connectivity index (χ2n) is 7.36. The number of aromatic nitrogens is 2. The molecule has 0 saturated heterocycles. The van der Waals surface area contributed by atoms with Gasteiger partial charge in [0.05, 0.1) is 28.4 Å². The van der Waals surface area contributed by atoms with E-state index in [0.717, 1.165) is 53.0 Å². The number of carbonyl (C=O) groups excluding carboxylic acids is 1. The number of rotatable bonds is 2. The molecule has 2 aromatic rings. The Morgan fingerprint density at radius 1 is 1.29 bits per heavy atom. The highest BCUT2D eigenvalue weighted by Gasteiger charge is 2.30. The molecule has 0 spiro atoms. The number of amides is 1. The molecule has 3 aliphatic heterocycles. The summed E-state index contributed by atoms with van der Waals surface area (Å²) in [6.07, 6.45) is 12.9. The van der Waals surface area contributed by atoms with Crippen LogP contribution in [0.3, 0.4) is 0 Å². The van der Waals surface area contributed by atoms with Gasteiger partial charge in [-0.25, -0.2) is 0 Å². The zero-order valence-electron chi connectivity index (χ0n) is 15.9. The number of aryl methyl sites for hydroxylation is 2. The highest BCUT2D eigenvalue weighted by molar-refractivity contribution is 7.52. The first-order valence-corrected chi connectivity index (χ1v) is 10.6. The quantitative estimate of drug-likeness (QED) is 0.801. The van der Waals surface area contributed by atoms with E-state index in [0.29, 0.717) is 8.58 Å². The Labute approximate surface area is 165 Å². The molecule has 0 radical (unpaired) electrons. The Kier molecular flexibility index (Phi) is 4.26. The summed E-state index contributed by atoms with van der Waals surface area (Å²) in [5.74, 6) is 0.0285. The molecule has 0 bridgehead atoms. The van der Waals surface area contributed by atoms with Gasteiger partial charge in [0.15, 0.2) is 0 Å². The van der Waals surface area contributed by atoms with Crippen LogP contribution in [0.4, 0.5) is 0 Å². The predicted molar refractivity (Wildman–Crippen MR) is 114 cm³/mol. The van der Waals surface area contributed by atoms with Gasteiger partial charge in [-0.2, -0.15) is 0 Å². The summed E-state index contributed by atoms with van der Waals surface area (Å²) < 4.78 is 2.10. The lowest BCUT2D eigenvalue weighted by atomic mass is 10.1. The fourth-order valence-electron chi connectivity index (χ4n) is 3.94. The summed E-state index contributed by atoms with van der Waals surface area (Å²) in [4.78, 5) is 23.9. The summed E-state index contributed by atoms with van der Waals surface area (Å²) in [5, 5.41) is 4.39. The lowest BCUT2D eigenvalue weighted by molar-refractivity contribution is -0.123. The van der Waals surface area contributed by atoms with Crippen LogP contribution >= 0.6 is 8.58 Å².